The lowest BCUT2D eigenvalue weighted by Gasteiger charge is -2.26. The number of anilines is 3. The largest absolute Gasteiger partial charge is 0.482 e. The summed E-state index contributed by atoms with van der Waals surface area (Å²) in [5, 5.41) is 13.9. The lowest BCUT2D eigenvalue weighted by atomic mass is 10.1. The Hall–Kier alpha value is -3.30. The average molecular weight is 365 g/mol. The van der Waals surface area contributed by atoms with E-state index < -0.39 is 0 Å². The number of amides is 1. The quantitative estimate of drug-likeness (QED) is 0.747. The molecule has 0 saturated heterocycles. The summed E-state index contributed by atoms with van der Waals surface area (Å²) in [6, 6.07) is 14.5. The minimum Gasteiger partial charge on any atom is -0.482 e. The van der Waals surface area contributed by atoms with E-state index in [0.717, 1.165) is 5.69 Å². The summed E-state index contributed by atoms with van der Waals surface area (Å²) in [6.45, 7) is 0.0383. The van der Waals surface area contributed by atoms with E-state index in [1.807, 2.05) is 12.1 Å². The number of ether oxygens (including phenoxy) is 1. The Bertz CT molecular complexity index is 1090. The number of pyridine rings is 1. The van der Waals surface area contributed by atoms with Gasteiger partial charge in [-0.1, -0.05) is 11.6 Å². The summed E-state index contributed by atoms with van der Waals surface area (Å²) in [5.74, 6) is 1.07. The van der Waals surface area contributed by atoms with Crippen LogP contribution in [0.2, 0.25) is 5.02 Å². The van der Waals surface area contributed by atoms with Gasteiger partial charge in [-0.3, -0.25) is 4.79 Å². The number of nitrogens with one attached hydrogen (secondary N) is 1. The van der Waals surface area contributed by atoms with Gasteiger partial charge in [0.2, 0.25) is 0 Å². The van der Waals surface area contributed by atoms with Crippen LogP contribution in [0.1, 0.15) is 5.56 Å². The van der Waals surface area contributed by atoms with Crippen LogP contribution in [0, 0.1) is 11.3 Å². The molecule has 0 radical (unpaired) electrons. The maximum absolute atomic E-state index is 11.8. The molecule has 1 aliphatic heterocycles. The Morgan fingerprint density at radius 1 is 1.27 bits per heavy atom. The van der Waals surface area contributed by atoms with Crippen molar-refractivity contribution < 1.29 is 9.53 Å². The number of hydrogen-bond acceptors (Lipinski definition) is 5. The van der Waals surface area contributed by atoms with Crippen LogP contribution in [0.3, 0.4) is 0 Å². The highest BCUT2D eigenvalue weighted by molar-refractivity contribution is 6.31. The molecule has 0 saturated carbocycles. The zero-order chi connectivity index (χ0) is 18.3. The number of nitriles is 1. The first-order valence-corrected chi connectivity index (χ1v) is 8.24. The third kappa shape index (κ3) is 2.79. The Kier molecular flexibility index (Phi) is 3.86. The molecule has 4 rings (SSSR count). The van der Waals surface area contributed by atoms with E-state index >= 15 is 0 Å². The number of carbonyl (C=O) groups is 1. The monoisotopic (exact) mass is 364 g/mol. The topological polar surface area (TPSA) is 78.2 Å². The maximum Gasteiger partial charge on any atom is 0.264 e. The predicted molar refractivity (Wildman–Crippen MR) is 100 cm³/mol. The van der Waals surface area contributed by atoms with E-state index in [0.29, 0.717) is 38.7 Å². The van der Waals surface area contributed by atoms with Crippen LogP contribution in [0.4, 0.5) is 17.2 Å². The van der Waals surface area contributed by atoms with Crippen LogP contribution in [-0.2, 0) is 4.79 Å². The van der Waals surface area contributed by atoms with E-state index in [-0.39, 0.29) is 12.5 Å². The van der Waals surface area contributed by atoms with Crippen LogP contribution >= 0.6 is 11.6 Å². The van der Waals surface area contributed by atoms with Crippen molar-refractivity contribution in [3.8, 4) is 11.8 Å². The summed E-state index contributed by atoms with van der Waals surface area (Å²) in [4.78, 5) is 17.9. The number of likely N-dealkylation sites (N-methyl/N-ethyl adjacent to an activating group) is 1. The molecule has 0 atom stereocenters. The molecule has 26 heavy (non-hydrogen) atoms. The normalized spacial score (nSPS) is 13.1. The second-order valence-corrected chi connectivity index (χ2v) is 6.31. The van der Waals surface area contributed by atoms with Crippen molar-refractivity contribution in [1.82, 2.24) is 4.98 Å². The number of fused-ring (bicyclic) bond motifs is 2. The summed E-state index contributed by atoms with van der Waals surface area (Å²) in [6.07, 6.45) is 0. The van der Waals surface area contributed by atoms with Crippen LogP contribution in [0.5, 0.6) is 5.75 Å². The minimum atomic E-state index is -0.109. The van der Waals surface area contributed by atoms with Gasteiger partial charge < -0.3 is 15.0 Å². The van der Waals surface area contributed by atoms with Crippen LogP contribution < -0.4 is 15.0 Å². The van der Waals surface area contributed by atoms with Crippen LogP contribution in [0.25, 0.3) is 10.9 Å². The van der Waals surface area contributed by atoms with Crippen LogP contribution in [0.15, 0.2) is 42.5 Å². The predicted octanol–water partition coefficient (Wildman–Crippen LogP) is 3.86. The second kappa shape index (κ2) is 6.21. The zero-order valence-electron chi connectivity index (χ0n) is 13.8. The third-order valence-electron chi connectivity index (χ3n) is 4.21. The van der Waals surface area contributed by atoms with E-state index in [1.165, 1.54) is 0 Å². The molecule has 2 heterocycles. The van der Waals surface area contributed by atoms with Crippen molar-refractivity contribution in [2.24, 2.45) is 0 Å². The van der Waals surface area contributed by atoms with Gasteiger partial charge >= 0.3 is 0 Å². The van der Waals surface area contributed by atoms with Crippen molar-refractivity contribution in [2.45, 2.75) is 0 Å². The molecule has 7 heteroatoms. The molecule has 1 aliphatic rings. The minimum absolute atomic E-state index is 0.0383. The highest BCUT2D eigenvalue weighted by Gasteiger charge is 2.22. The molecule has 128 valence electrons. The molecule has 1 aromatic heterocycles. The maximum atomic E-state index is 11.8. The molecule has 6 nitrogen and oxygen atoms in total. The number of carbonyl (C=O) groups excluding carboxylic acids is 1. The summed E-state index contributed by atoms with van der Waals surface area (Å²) in [5.41, 5.74) is 2.57. The highest BCUT2D eigenvalue weighted by atomic mass is 35.5. The molecule has 0 unspecified atom stereocenters. The Morgan fingerprint density at radius 2 is 2.12 bits per heavy atom. The first-order chi connectivity index (χ1) is 12.5. The molecular formula is C19H13ClN4O2. The van der Waals surface area contributed by atoms with Gasteiger partial charge in [-0.15, -0.1) is 0 Å². The summed E-state index contributed by atoms with van der Waals surface area (Å²) in [7, 11) is 1.71. The Morgan fingerprint density at radius 3 is 2.92 bits per heavy atom. The molecule has 1 N–H and O–H groups in total. The molecule has 0 fully saturated rings. The molecule has 1 amide bonds. The third-order valence-corrected chi connectivity index (χ3v) is 4.44. The van der Waals surface area contributed by atoms with Gasteiger partial charge in [0, 0.05) is 23.1 Å². The Labute approximate surface area is 154 Å². The average Bonchev–Trinajstić information content (AvgIpc) is 2.65. The molecule has 0 spiro atoms. The molecule has 0 bridgehead atoms. The van der Waals surface area contributed by atoms with E-state index in [9.17, 15) is 10.1 Å². The van der Waals surface area contributed by atoms with Crippen LogP contribution in [-0.4, -0.2) is 24.5 Å². The highest BCUT2D eigenvalue weighted by Crippen LogP contribution is 2.34. The van der Waals surface area contributed by atoms with E-state index in [1.54, 1.807) is 42.3 Å². The molecule has 3 aromatic rings. The van der Waals surface area contributed by atoms with E-state index in [2.05, 4.69) is 16.4 Å². The lowest BCUT2D eigenvalue weighted by Crippen LogP contribution is -2.35. The van der Waals surface area contributed by atoms with Gasteiger partial charge in [-0.05, 0) is 42.5 Å². The van der Waals surface area contributed by atoms with Crippen molar-refractivity contribution >= 4 is 45.6 Å². The summed E-state index contributed by atoms with van der Waals surface area (Å²) < 4.78 is 5.43. The fourth-order valence-electron chi connectivity index (χ4n) is 2.85. The number of benzene rings is 2. The molecule has 0 aliphatic carbocycles. The smallest absolute Gasteiger partial charge is 0.264 e. The van der Waals surface area contributed by atoms with Gasteiger partial charge in [0.15, 0.2) is 6.61 Å². The number of hydrogen-bond donors (Lipinski definition) is 1. The van der Waals surface area contributed by atoms with E-state index in [4.69, 9.17) is 16.3 Å². The van der Waals surface area contributed by atoms with Crippen molar-refractivity contribution in [2.75, 3.05) is 23.9 Å². The first kappa shape index (κ1) is 16.2. The van der Waals surface area contributed by atoms with Gasteiger partial charge in [-0.25, -0.2) is 4.98 Å². The fourth-order valence-corrected chi connectivity index (χ4v) is 3.02. The van der Waals surface area contributed by atoms with Gasteiger partial charge in [-0.2, -0.15) is 5.26 Å². The standard InChI is InChI=1S/C19H13ClN4O2/c1-24-16-8-13(3-5-17(16)26-10-19(24)25)22-18-6-11(9-21)14-7-12(20)2-4-15(14)23-18/h2-8H,10H2,1H3,(H,22,23). The fraction of sp³-hybridized carbons (Fsp3) is 0.105. The molecule has 2 aromatic carbocycles. The van der Waals surface area contributed by atoms with Crippen molar-refractivity contribution in [3.63, 3.8) is 0 Å². The molecular weight excluding hydrogens is 352 g/mol. The van der Waals surface area contributed by atoms with Crippen molar-refractivity contribution in [3.05, 3.63) is 53.1 Å². The zero-order valence-corrected chi connectivity index (χ0v) is 14.5. The lowest BCUT2D eigenvalue weighted by molar-refractivity contribution is -0.120. The second-order valence-electron chi connectivity index (χ2n) is 5.88. The first-order valence-electron chi connectivity index (χ1n) is 7.86. The summed E-state index contributed by atoms with van der Waals surface area (Å²) >= 11 is 6.01. The van der Waals surface area contributed by atoms with Crippen molar-refractivity contribution in [1.29, 1.82) is 5.26 Å². The van der Waals surface area contributed by atoms with Gasteiger partial charge in [0.05, 0.1) is 22.8 Å². The van der Waals surface area contributed by atoms with Gasteiger partial charge in [0.1, 0.15) is 11.6 Å². The number of aromatic nitrogens is 1. The van der Waals surface area contributed by atoms with Gasteiger partial charge in [0.25, 0.3) is 5.91 Å². The number of rotatable bonds is 2. The Balaban J connectivity index is 1.73. The SMILES string of the molecule is CN1C(=O)COc2ccc(Nc3cc(C#N)c4cc(Cl)ccc4n3)cc21. The number of nitrogens with zero attached hydrogens (tertiary/aromatic N) is 3. The number of halogens is 1.